The predicted molar refractivity (Wildman–Crippen MR) is 101 cm³/mol. The summed E-state index contributed by atoms with van der Waals surface area (Å²) in [5.74, 6) is -0.460. The number of anilines is 1. The van der Waals surface area contributed by atoms with Gasteiger partial charge < -0.3 is 15.0 Å². The van der Waals surface area contributed by atoms with Gasteiger partial charge in [0.25, 0.3) is 5.03 Å². The number of halogens is 1. The molecule has 1 aliphatic rings. The molecule has 2 aromatic rings. The normalized spacial score (nSPS) is 14.3. The summed E-state index contributed by atoms with van der Waals surface area (Å²) in [6, 6.07) is 9.56. The molecular formula is C19H20FN3O3S. The first-order valence-corrected chi connectivity index (χ1v) is 9.58. The van der Waals surface area contributed by atoms with Crippen LogP contribution in [0.2, 0.25) is 0 Å². The highest BCUT2D eigenvalue weighted by Gasteiger charge is 2.23. The van der Waals surface area contributed by atoms with Gasteiger partial charge in [-0.25, -0.2) is 4.39 Å². The lowest BCUT2D eigenvalue weighted by Gasteiger charge is -2.36. The summed E-state index contributed by atoms with van der Waals surface area (Å²) in [6.07, 6.45) is 1.40. The van der Waals surface area contributed by atoms with E-state index in [4.69, 9.17) is 0 Å². The fraction of sp³-hybridized carbons (Fsp3) is 0.316. The molecule has 1 aliphatic heterocycles. The van der Waals surface area contributed by atoms with Crippen molar-refractivity contribution in [3.8, 4) is 0 Å². The number of Topliss-reactive ketones (excluding diaryl/α,β-unsaturated/α-hetero) is 1. The average Bonchev–Trinajstić information content (AvgIpc) is 2.67. The number of pyridine rings is 1. The van der Waals surface area contributed by atoms with Crippen LogP contribution in [-0.4, -0.2) is 48.5 Å². The van der Waals surface area contributed by atoms with Crippen molar-refractivity contribution >= 4 is 29.1 Å². The third kappa shape index (κ3) is 4.57. The molecule has 1 fully saturated rings. The van der Waals surface area contributed by atoms with Crippen LogP contribution in [0.25, 0.3) is 0 Å². The summed E-state index contributed by atoms with van der Waals surface area (Å²) in [6.45, 7) is 3.40. The minimum absolute atomic E-state index is 0.0455. The van der Waals surface area contributed by atoms with Crippen molar-refractivity contribution in [3.63, 3.8) is 0 Å². The Labute approximate surface area is 161 Å². The molecule has 0 unspecified atom stereocenters. The summed E-state index contributed by atoms with van der Waals surface area (Å²) >= 11 is 1.21. The number of carbonyl (C=O) groups is 2. The van der Waals surface area contributed by atoms with Crippen LogP contribution in [0.5, 0.6) is 0 Å². The summed E-state index contributed by atoms with van der Waals surface area (Å²) in [5, 5.41) is 12.1. The van der Waals surface area contributed by atoms with Gasteiger partial charge >= 0.3 is 0 Å². The lowest BCUT2D eigenvalue weighted by Crippen LogP contribution is -2.49. The number of hydrogen-bond donors (Lipinski definition) is 0. The molecule has 2 heterocycles. The summed E-state index contributed by atoms with van der Waals surface area (Å²) in [7, 11) is 0. The molecule has 0 N–H and O–H groups in total. The zero-order chi connectivity index (χ0) is 19.4. The molecule has 6 nitrogen and oxygen atoms in total. The van der Waals surface area contributed by atoms with E-state index in [0.717, 1.165) is 4.73 Å². The Morgan fingerprint density at radius 3 is 2.56 bits per heavy atom. The number of thioether (sulfide) groups is 1. The highest BCUT2D eigenvalue weighted by Crippen LogP contribution is 2.23. The second-order valence-corrected chi connectivity index (χ2v) is 7.24. The monoisotopic (exact) mass is 389 g/mol. The average molecular weight is 389 g/mol. The molecule has 0 aliphatic carbocycles. The number of hydrogen-bond acceptors (Lipinski definition) is 5. The molecule has 0 spiro atoms. The molecule has 0 bridgehead atoms. The van der Waals surface area contributed by atoms with Crippen molar-refractivity contribution in [1.82, 2.24) is 4.90 Å². The molecule has 0 radical (unpaired) electrons. The van der Waals surface area contributed by atoms with Crippen molar-refractivity contribution in [2.75, 3.05) is 36.8 Å². The number of amides is 1. The SMILES string of the molecule is CC(=O)c1ccc(N2CCN(C(=O)CSc3cccc[n+]3[O-])CC2)c(F)c1. The van der Waals surface area contributed by atoms with Crippen molar-refractivity contribution in [2.45, 2.75) is 11.9 Å². The topological polar surface area (TPSA) is 67.6 Å². The predicted octanol–water partition coefficient (Wildman–Crippen LogP) is 2.10. The second kappa shape index (κ2) is 8.39. The highest BCUT2D eigenvalue weighted by molar-refractivity contribution is 7.99. The molecule has 142 valence electrons. The Morgan fingerprint density at radius 1 is 1.19 bits per heavy atom. The first kappa shape index (κ1) is 19.2. The Bertz CT molecular complexity index is 854. The Hall–Kier alpha value is -2.61. The molecule has 8 heteroatoms. The largest absolute Gasteiger partial charge is 0.618 e. The fourth-order valence-electron chi connectivity index (χ4n) is 2.93. The number of piperazine rings is 1. The summed E-state index contributed by atoms with van der Waals surface area (Å²) in [5.41, 5.74) is 0.789. The minimum Gasteiger partial charge on any atom is -0.618 e. The first-order chi connectivity index (χ1) is 13.0. The zero-order valence-electron chi connectivity index (χ0n) is 14.9. The van der Waals surface area contributed by atoms with E-state index in [-0.39, 0.29) is 17.4 Å². The number of nitrogens with zero attached hydrogens (tertiary/aromatic N) is 3. The van der Waals surface area contributed by atoms with Gasteiger partial charge in [-0.2, -0.15) is 4.73 Å². The molecule has 1 aromatic heterocycles. The van der Waals surface area contributed by atoms with Crippen LogP contribution in [0.3, 0.4) is 0 Å². The van der Waals surface area contributed by atoms with Gasteiger partial charge in [-0.15, -0.1) is 0 Å². The standard InChI is InChI=1S/C19H20FN3O3S/c1-14(24)15-5-6-17(16(20)12-15)21-8-10-22(11-9-21)18(25)13-27-19-4-2-3-7-23(19)26/h2-7,12H,8-11,13H2,1H3. The van der Waals surface area contributed by atoms with Gasteiger partial charge in [0.15, 0.2) is 12.0 Å². The Kier molecular flexibility index (Phi) is 5.95. The lowest BCUT2D eigenvalue weighted by atomic mass is 10.1. The summed E-state index contributed by atoms with van der Waals surface area (Å²) in [4.78, 5) is 27.3. The Morgan fingerprint density at radius 2 is 1.93 bits per heavy atom. The van der Waals surface area contributed by atoms with E-state index in [1.54, 1.807) is 35.2 Å². The molecule has 3 rings (SSSR count). The van der Waals surface area contributed by atoms with Crippen molar-refractivity contribution in [2.24, 2.45) is 0 Å². The number of rotatable bonds is 5. The molecule has 27 heavy (non-hydrogen) atoms. The van der Waals surface area contributed by atoms with Gasteiger partial charge in [0.2, 0.25) is 5.91 Å². The maximum Gasteiger partial charge on any atom is 0.251 e. The maximum absolute atomic E-state index is 14.3. The third-order valence-corrected chi connectivity index (χ3v) is 5.46. The first-order valence-electron chi connectivity index (χ1n) is 8.60. The highest BCUT2D eigenvalue weighted by atomic mass is 32.2. The van der Waals surface area contributed by atoms with Crippen LogP contribution < -0.4 is 9.63 Å². The van der Waals surface area contributed by atoms with E-state index >= 15 is 0 Å². The van der Waals surface area contributed by atoms with Crippen LogP contribution in [-0.2, 0) is 4.79 Å². The van der Waals surface area contributed by atoms with Crippen LogP contribution in [0.1, 0.15) is 17.3 Å². The molecule has 0 atom stereocenters. The van der Waals surface area contributed by atoms with E-state index in [1.807, 2.05) is 4.90 Å². The van der Waals surface area contributed by atoms with Gasteiger partial charge in [0.1, 0.15) is 5.82 Å². The van der Waals surface area contributed by atoms with E-state index in [1.165, 1.54) is 30.9 Å². The molecular weight excluding hydrogens is 369 g/mol. The summed E-state index contributed by atoms with van der Waals surface area (Å²) < 4.78 is 15.0. The van der Waals surface area contributed by atoms with Crippen LogP contribution in [0, 0.1) is 11.0 Å². The van der Waals surface area contributed by atoms with E-state index in [0.29, 0.717) is 42.5 Å². The van der Waals surface area contributed by atoms with E-state index in [2.05, 4.69) is 0 Å². The second-order valence-electron chi connectivity index (χ2n) is 6.24. The van der Waals surface area contributed by atoms with E-state index in [9.17, 15) is 19.2 Å². The van der Waals surface area contributed by atoms with Gasteiger partial charge in [-0.3, -0.25) is 9.59 Å². The Balaban J connectivity index is 1.55. The molecule has 0 saturated carbocycles. The molecule has 1 amide bonds. The maximum atomic E-state index is 14.3. The van der Waals surface area contributed by atoms with Gasteiger partial charge in [0.05, 0.1) is 11.4 Å². The van der Waals surface area contributed by atoms with Crippen molar-refractivity contribution in [1.29, 1.82) is 0 Å². The van der Waals surface area contributed by atoms with Crippen LogP contribution in [0.15, 0.2) is 47.6 Å². The number of benzene rings is 1. The fourth-order valence-corrected chi connectivity index (χ4v) is 3.75. The third-order valence-electron chi connectivity index (χ3n) is 4.46. The van der Waals surface area contributed by atoms with E-state index < -0.39 is 5.82 Å². The minimum atomic E-state index is -0.429. The van der Waals surface area contributed by atoms with Crippen molar-refractivity contribution in [3.05, 3.63) is 59.2 Å². The van der Waals surface area contributed by atoms with Gasteiger partial charge in [-0.05, 0) is 43.0 Å². The zero-order valence-corrected chi connectivity index (χ0v) is 15.7. The molecule has 1 aromatic carbocycles. The van der Waals surface area contributed by atoms with Crippen molar-refractivity contribution < 1.29 is 18.7 Å². The number of carbonyl (C=O) groups excluding carboxylic acids is 2. The number of ketones is 1. The molecule has 1 saturated heterocycles. The smallest absolute Gasteiger partial charge is 0.251 e. The van der Waals surface area contributed by atoms with Gasteiger partial charge in [0, 0.05) is 43.9 Å². The quantitative estimate of drug-likeness (QED) is 0.339. The van der Waals surface area contributed by atoms with Crippen LogP contribution in [0.4, 0.5) is 10.1 Å². The van der Waals surface area contributed by atoms with Gasteiger partial charge in [-0.1, -0.05) is 0 Å². The van der Waals surface area contributed by atoms with Crippen LogP contribution >= 0.6 is 11.8 Å². The lowest BCUT2D eigenvalue weighted by molar-refractivity contribution is -0.645. The number of aromatic nitrogens is 1.